The fraction of sp³-hybridized carbons (Fsp3) is 0. The smallest absolute Gasteiger partial charge is 0.344 e. The quantitative estimate of drug-likeness (QED) is 0.567. The van der Waals surface area contributed by atoms with Gasteiger partial charge in [0.1, 0.15) is 5.75 Å². The van der Waals surface area contributed by atoms with Crippen molar-refractivity contribution in [2.24, 2.45) is 0 Å². The van der Waals surface area contributed by atoms with Crippen molar-refractivity contribution in [2.45, 2.75) is 0 Å². The Hall–Kier alpha value is -1.03. The van der Waals surface area contributed by atoms with E-state index >= 15 is 0 Å². The monoisotopic (exact) mass is 344 g/mol. The number of ether oxygens (including phenoxy) is 1. The highest BCUT2D eigenvalue weighted by Gasteiger charge is 2.12. The van der Waals surface area contributed by atoms with E-state index in [9.17, 15) is 4.79 Å². The van der Waals surface area contributed by atoms with Crippen LogP contribution in [0, 0.1) is 0 Å². The summed E-state index contributed by atoms with van der Waals surface area (Å²) in [6, 6.07) is 11.7. The number of benzene rings is 2. The first-order chi connectivity index (χ1) is 8.58. The summed E-state index contributed by atoms with van der Waals surface area (Å²) in [7, 11) is 0. The Kier molecular flexibility index (Phi) is 4.27. The maximum Gasteiger partial charge on any atom is 0.344 e. The van der Waals surface area contributed by atoms with Gasteiger partial charge in [-0.15, -0.1) is 0 Å². The normalized spacial score (nSPS) is 10.2. The zero-order valence-electron chi connectivity index (χ0n) is 8.99. The molecule has 5 heteroatoms. The van der Waals surface area contributed by atoms with Gasteiger partial charge in [0.15, 0.2) is 0 Å². The summed E-state index contributed by atoms with van der Waals surface area (Å²) in [6.45, 7) is 0. The largest absolute Gasteiger partial charge is 0.423 e. The van der Waals surface area contributed by atoms with Crippen LogP contribution >= 0.6 is 39.1 Å². The number of hydrogen-bond acceptors (Lipinski definition) is 2. The fourth-order valence-electron chi connectivity index (χ4n) is 1.33. The van der Waals surface area contributed by atoms with Crippen LogP contribution in [0.1, 0.15) is 10.4 Å². The van der Waals surface area contributed by atoms with Crippen LogP contribution in [-0.4, -0.2) is 5.97 Å². The minimum Gasteiger partial charge on any atom is -0.423 e. The van der Waals surface area contributed by atoms with Crippen LogP contribution in [0.4, 0.5) is 0 Å². The lowest BCUT2D eigenvalue weighted by atomic mass is 10.2. The Morgan fingerprint density at radius 3 is 2.44 bits per heavy atom. The van der Waals surface area contributed by atoms with E-state index in [1.165, 1.54) is 6.07 Å². The van der Waals surface area contributed by atoms with Gasteiger partial charge in [0.05, 0.1) is 15.6 Å². The summed E-state index contributed by atoms with van der Waals surface area (Å²) in [6.07, 6.45) is 0. The van der Waals surface area contributed by atoms with Gasteiger partial charge in [-0.3, -0.25) is 0 Å². The molecule has 2 nitrogen and oxygen atoms in total. The van der Waals surface area contributed by atoms with E-state index in [-0.39, 0.29) is 0 Å². The summed E-state index contributed by atoms with van der Waals surface area (Å²) in [5.41, 5.74) is 0.448. The van der Waals surface area contributed by atoms with Crippen molar-refractivity contribution in [3.63, 3.8) is 0 Å². The predicted molar refractivity (Wildman–Crippen MR) is 75.6 cm³/mol. The molecule has 0 aromatic heterocycles. The average molecular weight is 346 g/mol. The van der Waals surface area contributed by atoms with E-state index in [0.717, 1.165) is 0 Å². The van der Waals surface area contributed by atoms with Crippen molar-refractivity contribution in [3.05, 3.63) is 62.5 Å². The lowest BCUT2D eigenvalue weighted by Crippen LogP contribution is -2.09. The molecule has 0 saturated heterocycles. The second-order valence-corrected chi connectivity index (χ2v) is 5.11. The van der Waals surface area contributed by atoms with Gasteiger partial charge >= 0.3 is 5.97 Å². The SMILES string of the molecule is O=C(Oc1ccc(Cl)c(Cl)c1)c1ccccc1Br. The molecule has 0 spiro atoms. The molecule has 2 rings (SSSR count). The van der Waals surface area contributed by atoms with Crippen molar-refractivity contribution in [1.29, 1.82) is 0 Å². The number of carbonyl (C=O) groups excluding carboxylic acids is 1. The Labute approximate surface area is 123 Å². The molecule has 0 bridgehead atoms. The zero-order chi connectivity index (χ0) is 13.1. The number of esters is 1. The highest BCUT2D eigenvalue weighted by Crippen LogP contribution is 2.27. The molecule has 2 aromatic carbocycles. The molecule has 0 amide bonds. The van der Waals surface area contributed by atoms with Crippen LogP contribution in [0.3, 0.4) is 0 Å². The van der Waals surface area contributed by atoms with Crippen LogP contribution in [-0.2, 0) is 0 Å². The lowest BCUT2D eigenvalue weighted by Gasteiger charge is -2.06. The number of carbonyl (C=O) groups is 1. The first-order valence-corrected chi connectivity index (χ1v) is 6.54. The van der Waals surface area contributed by atoms with E-state index < -0.39 is 5.97 Å². The summed E-state index contributed by atoms with van der Waals surface area (Å²) in [5.74, 6) is -0.106. The molecular formula is C13H7BrCl2O2. The molecule has 0 atom stereocenters. The molecule has 0 radical (unpaired) electrons. The molecule has 0 aliphatic rings. The van der Waals surface area contributed by atoms with E-state index in [2.05, 4.69) is 15.9 Å². The van der Waals surface area contributed by atoms with Gasteiger partial charge in [0.25, 0.3) is 0 Å². The molecule has 0 aliphatic carbocycles. The lowest BCUT2D eigenvalue weighted by molar-refractivity contribution is 0.0734. The third-order valence-electron chi connectivity index (χ3n) is 2.20. The van der Waals surface area contributed by atoms with Gasteiger partial charge in [-0.05, 0) is 40.2 Å². The van der Waals surface area contributed by atoms with E-state index in [1.807, 2.05) is 6.07 Å². The molecule has 0 aliphatic heterocycles. The Balaban J connectivity index is 2.22. The molecule has 2 aromatic rings. The molecule has 0 heterocycles. The number of rotatable bonds is 2. The minimum absolute atomic E-state index is 0.342. The Bertz CT molecular complexity index is 599. The van der Waals surface area contributed by atoms with Crippen molar-refractivity contribution in [3.8, 4) is 5.75 Å². The summed E-state index contributed by atoms with van der Waals surface area (Å²) in [4.78, 5) is 11.9. The van der Waals surface area contributed by atoms with E-state index in [1.54, 1.807) is 30.3 Å². The van der Waals surface area contributed by atoms with Crippen molar-refractivity contribution in [1.82, 2.24) is 0 Å². The van der Waals surface area contributed by atoms with Gasteiger partial charge in [0.2, 0.25) is 0 Å². The maximum atomic E-state index is 11.9. The van der Waals surface area contributed by atoms with E-state index in [0.29, 0.717) is 25.8 Å². The molecule has 0 unspecified atom stereocenters. The second-order valence-electron chi connectivity index (χ2n) is 3.45. The summed E-state index contributed by atoms with van der Waals surface area (Å²) < 4.78 is 5.88. The molecule has 92 valence electrons. The summed E-state index contributed by atoms with van der Waals surface area (Å²) >= 11 is 14.9. The first-order valence-electron chi connectivity index (χ1n) is 4.99. The Morgan fingerprint density at radius 2 is 1.78 bits per heavy atom. The highest BCUT2D eigenvalue weighted by molar-refractivity contribution is 9.10. The standard InChI is InChI=1S/C13H7BrCl2O2/c14-10-4-2-1-3-9(10)13(17)18-8-5-6-11(15)12(16)7-8/h1-7H. The summed E-state index contributed by atoms with van der Waals surface area (Å²) in [5, 5.41) is 0.756. The molecule has 0 saturated carbocycles. The zero-order valence-corrected chi connectivity index (χ0v) is 12.1. The van der Waals surface area contributed by atoms with Gasteiger partial charge in [-0.1, -0.05) is 35.3 Å². The van der Waals surface area contributed by atoms with Crippen molar-refractivity contribution in [2.75, 3.05) is 0 Å². The van der Waals surface area contributed by atoms with Gasteiger partial charge in [-0.25, -0.2) is 4.79 Å². The Morgan fingerprint density at radius 1 is 1.06 bits per heavy atom. The molecule has 0 fully saturated rings. The average Bonchev–Trinajstić information content (AvgIpc) is 2.34. The van der Waals surface area contributed by atoms with Crippen LogP contribution in [0.25, 0.3) is 0 Å². The fourth-order valence-corrected chi connectivity index (χ4v) is 2.06. The van der Waals surface area contributed by atoms with Crippen LogP contribution in [0.2, 0.25) is 10.0 Å². The second kappa shape index (κ2) is 5.74. The van der Waals surface area contributed by atoms with Crippen LogP contribution in [0.15, 0.2) is 46.9 Å². The number of halogens is 3. The molecular weight excluding hydrogens is 339 g/mol. The molecule has 18 heavy (non-hydrogen) atoms. The topological polar surface area (TPSA) is 26.3 Å². The van der Waals surface area contributed by atoms with Crippen molar-refractivity contribution >= 4 is 45.1 Å². The van der Waals surface area contributed by atoms with Gasteiger partial charge in [0, 0.05) is 10.5 Å². The van der Waals surface area contributed by atoms with Gasteiger partial charge < -0.3 is 4.74 Å². The molecule has 0 N–H and O–H groups in total. The van der Waals surface area contributed by atoms with E-state index in [4.69, 9.17) is 27.9 Å². The van der Waals surface area contributed by atoms with Crippen LogP contribution < -0.4 is 4.74 Å². The number of hydrogen-bond donors (Lipinski definition) is 0. The maximum absolute atomic E-state index is 11.9. The van der Waals surface area contributed by atoms with Crippen LogP contribution in [0.5, 0.6) is 5.75 Å². The minimum atomic E-state index is -0.458. The third kappa shape index (κ3) is 3.05. The third-order valence-corrected chi connectivity index (χ3v) is 3.63. The predicted octanol–water partition coefficient (Wildman–Crippen LogP) is 4.98. The first kappa shape index (κ1) is 13.4. The van der Waals surface area contributed by atoms with Crippen molar-refractivity contribution < 1.29 is 9.53 Å². The van der Waals surface area contributed by atoms with Gasteiger partial charge in [-0.2, -0.15) is 0 Å². The highest BCUT2D eigenvalue weighted by atomic mass is 79.9.